The molecule has 4 aliphatic rings. The fourth-order valence-electron chi connectivity index (χ4n) is 8.67. The van der Waals surface area contributed by atoms with E-state index in [1.54, 1.807) is 36.4 Å². The Balaban J connectivity index is 1.15. The average molecular weight is 829 g/mol. The maximum absolute atomic E-state index is 15.3. The summed E-state index contributed by atoms with van der Waals surface area (Å²) in [5, 5.41) is 11.1. The molecule has 4 amide bonds. The zero-order valence-corrected chi connectivity index (χ0v) is 30.3. The molecule has 2 aliphatic heterocycles. The third-order valence-electron chi connectivity index (χ3n) is 11.2. The number of aromatic hydroxyl groups is 1. The summed E-state index contributed by atoms with van der Waals surface area (Å²) < 4.78 is 79.5. The molecule has 3 heterocycles. The first-order valence-electron chi connectivity index (χ1n) is 16.9. The SMILES string of the molecule is O=C1[C@H]2[C@H](CC=C3[C@H]2C[C@@]2(Cl)C(=O)N(c4c(F)c(F)c(F)c(F)c4F)C(=O)[C@@]2(Cl)[C@H]3c2cc(Cl)ccc2O)C(=O)N1c1ccc(-c2nc3ccccc3o2)cc1. The number of allylic oxidation sites excluding steroid dienone is 2. The van der Waals surface area contributed by atoms with Crippen LogP contribution in [0.25, 0.3) is 22.6 Å². The van der Waals surface area contributed by atoms with Gasteiger partial charge in [0.1, 0.15) is 17.0 Å². The van der Waals surface area contributed by atoms with E-state index in [0.717, 1.165) is 11.0 Å². The van der Waals surface area contributed by atoms with E-state index in [9.17, 15) is 37.5 Å². The normalized spacial score (nSPS) is 27.2. The number of oxazole rings is 1. The Bertz CT molecular complexity index is 2590. The van der Waals surface area contributed by atoms with Crippen molar-refractivity contribution in [3.05, 3.63) is 118 Å². The molecule has 56 heavy (non-hydrogen) atoms. The third-order valence-corrected chi connectivity index (χ3v) is 12.8. The maximum atomic E-state index is 15.3. The second-order valence-corrected chi connectivity index (χ2v) is 15.6. The lowest BCUT2D eigenvalue weighted by atomic mass is 9.56. The van der Waals surface area contributed by atoms with E-state index < -0.39 is 104 Å². The van der Waals surface area contributed by atoms with Crippen molar-refractivity contribution in [1.82, 2.24) is 4.98 Å². The second-order valence-electron chi connectivity index (χ2n) is 13.9. The Morgan fingerprint density at radius 1 is 0.786 bits per heavy atom. The molecule has 1 N–H and O–H groups in total. The number of carbonyl (C=O) groups is 4. The Morgan fingerprint density at radius 2 is 1.45 bits per heavy atom. The molecule has 17 heteroatoms. The number of para-hydroxylation sites is 2. The summed E-state index contributed by atoms with van der Waals surface area (Å²) >= 11 is 20.6. The molecule has 1 aromatic heterocycles. The van der Waals surface area contributed by atoms with Gasteiger partial charge in [-0.15, -0.1) is 23.2 Å². The molecular weight excluding hydrogens is 808 g/mol. The van der Waals surface area contributed by atoms with Gasteiger partial charge in [0.2, 0.25) is 23.5 Å². The largest absolute Gasteiger partial charge is 0.508 e. The first-order valence-corrected chi connectivity index (χ1v) is 18.0. The van der Waals surface area contributed by atoms with Crippen molar-refractivity contribution < 1.29 is 50.7 Å². The van der Waals surface area contributed by atoms with Gasteiger partial charge in [0.15, 0.2) is 38.6 Å². The zero-order valence-electron chi connectivity index (χ0n) is 28.0. The number of hydrogen-bond donors (Lipinski definition) is 1. The highest BCUT2D eigenvalue weighted by Crippen LogP contribution is 2.67. The fraction of sp³-hybridized carbons (Fsp3) is 0.205. The van der Waals surface area contributed by atoms with Crippen LogP contribution in [-0.2, 0) is 19.2 Å². The minimum Gasteiger partial charge on any atom is -0.508 e. The van der Waals surface area contributed by atoms with Crippen LogP contribution >= 0.6 is 34.8 Å². The minimum atomic E-state index is -2.81. The van der Waals surface area contributed by atoms with Crippen molar-refractivity contribution in [2.45, 2.75) is 28.5 Å². The predicted octanol–water partition coefficient (Wildman–Crippen LogP) is 8.32. The van der Waals surface area contributed by atoms with Gasteiger partial charge in [-0.2, -0.15) is 0 Å². The van der Waals surface area contributed by atoms with Gasteiger partial charge in [0.05, 0.1) is 17.5 Å². The number of imide groups is 2. The van der Waals surface area contributed by atoms with Gasteiger partial charge >= 0.3 is 0 Å². The van der Waals surface area contributed by atoms with Crippen molar-refractivity contribution in [3.63, 3.8) is 0 Å². The van der Waals surface area contributed by atoms with Crippen molar-refractivity contribution >= 4 is 80.9 Å². The number of halogens is 8. The van der Waals surface area contributed by atoms with Crippen LogP contribution < -0.4 is 9.80 Å². The van der Waals surface area contributed by atoms with E-state index in [1.165, 1.54) is 30.3 Å². The summed E-state index contributed by atoms with van der Waals surface area (Å²) in [6, 6.07) is 17.0. The summed E-state index contributed by atoms with van der Waals surface area (Å²) in [5.74, 6) is -22.4. The molecule has 5 aromatic rings. The third kappa shape index (κ3) is 4.69. The number of aromatic nitrogens is 1. The minimum absolute atomic E-state index is 0.00244. The van der Waals surface area contributed by atoms with Gasteiger partial charge in [-0.3, -0.25) is 24.1 Å². The molecule has 0 unspecified atom stereocenters. The van der Waals surface area contributed by atoms with E-state index in [-0.39, 0.29) is 33.2 Å². The zero-order chi connectivity index (χ0) is 39.7. The maximum Gasteiger partial charge on any atom is 0.258 e. The summed E-state index contributed by atoms with van der Waals surface area (Å²) in [6.45, 7) is 0. The first-order chi connectivity index (χ1) is 26.6. The highest BCUT2D eigenvalue weighted by Gasteiger charge is 2.77. The number of alkyl halides is 2. The predicted molar refractivity (Wildman–Crippen MR) is 191 cm³/mol. The van der Waals surface area contributed by atoms with Crippen LogP contribution in [0.5, 0.6) is 5.75 Å². The number of fused-ring (bicyclic) bond motifs is 5. The highest BCUT2D eigenvalue weighted by molar-refractivity contribution is 6.58. The van der Waals surface area contributed by atoms with Crippen molar-refractivity contribution in [2.75, 3.05) is 9.80 Å². The van der Waals surface area contributed by atoms with Crippen molar-refractivity contribution in [2.24, 2.45) is 17.8 Å². The number of hydrogen-bond acceptors (Lipinski definition) is 7. The number of phenolic OH excluding ortho intramolecular Hbond substituents is 1. The van der Waals surface area contributed by atoms with Gasteiger partial charge in [0.25, 0.3) is 11.8 Å². The van der Waals surface area contributed by atoms with Gasteiger partial charge in [-0.1, -0.05) is 35.4 Å². The summed E-state index contributed by atoms with van der Waals surface area (Å²) in [4.78, 5) is 56.9. The van der Waals surface area contributed by atoms with Crippen LogP contribution in [0, 0.1) is 46.8 Å². The summed E-state index contributed by atoms with van der Waals surface area (Å²) in [6.07, 6.45) is 0.715. The van der Waals surface area contributed by atoms with Gasteiger partial charge in [-0.25, -0.2) is 31.8 Å². The fourth-order valence-corrected chi connectivity index (χ4v) is 9.78. The number of nitrogens with zero attached hydrogens (tertiary/aromatic N) is 3. The molecule has 9 rings (SSSR count). The summed E-state index contributed by atoms with van der Waals surface area (Å²) in [7, 11) is 0. The van der Waals surface area contributed by atoms with Gasteiger partial charge in [-0.05, 0) is 73.4 Å². The van der Waals surface area contributed by atoms with Gasteiger partial charge in [0, 0.05) is 22.1 Å². The van der Waals surface area contributed by atoms with Gasteiger partial charge < -0.3 is 9.52 Å². The molecule has 1 saturated carbocycles. The molecule has 9 nitrogen and oxygen atoms in total. The standard InChI is InChI=1S/C39H21Cl3F5N3O6/c40-16-7-12-23(51)20(13-16)26-18-10-11-19-25(35(53)49(34(19)52)17-8-5-15(6-9-17)33-48-22-3-1-2-4-24(22)56-33)21(18)14-38(41)36(54)50(37(55)39(26,38)42)32-30(46)28(44)27(43)29(45)31(32)47/h1-10,12-13,19,21,25-26,51H,11,14H2/t19-,21+,25-,26+,38+,39-/m0/s1. The smallest absolute Gasteiger partial charge is 0.258 e. The van der Waals surface area contributed by atoms with Crippen LogP contribution in [0.1, 0.15) is 24.3 Å². The molecule has 3 fully saturated rings. The molecule has 0 bridgehead atoms. The average Bonchev–Trinajstić information content (AvgIpc) is 3.78. The van der Waals surface area contributed by atoms with Crippen LogP contribution in [0.3, 0.4) is 0 Å². The van der Waals surface area contributed by atoms with Crippen molar-refractivity contribution in [3.8, 4) is 17.2 Å². The Labute approximate surface area is 326 Å². The first kappa shape index (κ1) is 36.3. The van der Waals surface area contributed by atoms with Crippen LogP contribution in [0.15, 0.2) is 82.8 Å². The van der Waals surface area contributed by atoms with E-state index in [0.29, 0.717) is 22.6 Å². The number of rotatable bonds is 4. The molecule has 0 radical (unpaired) electrons. The Hall–Kier alpha value is -5.31. The summed E-state index contributed by atoms with van der Waals surface area (Å²) in [5.41, 5.74) is -0.0391. The number of benzene rings is 4. The Morgan fingerprint density at radius 3 is 2.12 bits per heavy atom. The molecule has 4 aromatic carbocycles. The number of phenols is 1. The number of anilines is 2. The quantitative estimate of drug-likeness (QED) is 0.0483. The highest BCUT2D eigenvalue weighted by atomic mass is 35.5. The lowest BCUT2D eigenvalue weighted by Gasteiger charge is -2.50. The lowest BCUT2D eigenvalue weighted by Crippen LogP contribution is -2.60. The molecule has 2 saturated heterocycles. The molecule has 0 spiro atoms. The van der Waals surface area contributed by atoms with E-state index in [4.69, 9.17) is 39.2 Å². The van der Waals surface area contributed by atoms with E-state index in [1.807, 2.05) is 0 Å². The monoisotopic (exact) mass is 827 g/mol. The van der Waals surface area contributed by atoms with E-state index in [2.05, 4.69) is 4.98 Å². The van der Waals surface area contributed by atoms with Crippen LogP contribution in [0.4, 0.5) is 33.3 Å². The topological polar surface area (TPSA) is 121 Å². The number of carbonyl (C=O) groups excluding carboxylic acids is 4. The molecule has 284 valence electrons. The van der Waals surface area contributed by atoms with Crippen molar-refractivity contribution in [1.29, 1.82) is 0 Å². The van der Waals surface area contributed by atoms with Crippen LogP contribution in [-0.4, -0.2) is 43.5 Å². The lowest BCUT2D eigenvalue weighted by molar-refractivity contribution is -0.125. The van der Waals surface area contributed by atoms with E-state index >= 15 is 8.78 Å². The molecule has 2 aliphatic carbocycles. The number of amides is 4. The van der Waals surface area contributed by atoms with Crippen LogP contribution in [0.2, 0.25) is 5.02 Å². The molecular formula is C39H21Cl3F5N3O6. The second kappa shape index (κ2) is 12.3. The Kier molecular flexibility index (Phi) is 8.01. The molecule has 6 atom stereocenters.